The van der Waals surface area contributed by atoms with Gasteiger partial charge in [-0.3, -0.25) is 0 Å². The molecule has 1 N–H and O–H groups in total. The van der Waals surface area contributed by atoms with Gasteiger partial charge in [-0.05, 0) is 60.5 Å². The van der Waals surface area contributed by atoms with Crippen molar-refractivity contribution in [1.82, 2.24) is 0 Å². The number of thioether (sulfide) groups is 1. The van der Waals surface area contributed by atoms with Crippen LogP contribution in [-0.2, 0) is 17.6 Å². The second-order valence-corrected chi connectivity index (χ2v) is 8.26. The number of benzene rings is 3. The molecule has 32 heavy (non-hydrogen) atoms. The molecule has 4 nitrogen and oxygen atoms in total. The third-order valence-electron chi connectivity index (χ3n) is 4.35. The van der Waals surface area contributed by atoms with Crippen molar-refractivity contribution in [2.75, 3.05) is 0 Å². The Kier molecular flexibility index (Phi) is 7.58. The minimum absolute atomic E-state index is 0.0814. The van der Waals surface area contributed by atoms with E-state index in [2.05, 4.69) is 0 Å². The standard InChI is InChI=1S/C23H18ClF3O4S/c1-14-4-2-3-5-19(14)31-22(21(28)29)32-20-11-6-15(12-18(20)24)13-30-17-9-7-16(8-10-17)23(25,26)27/h2-12,22H,13H2,1H3,(H,28,29). The van der Waals surface area contributed by atoms with Crippen molar-refractivity contribution in [3.05, 3.63) is 88.4 Å². The maximum absolute atomic E-state index is 12.6. The van der Waals surface area contributed by atoms with Crippen molar-refractivity contribution >= 4 is 29.3 Å². The zero-order chi connectivity index (χ0) is 23.3. The van der Waals surface area contributed by atoms with Crippen LogP contribution in [0.1, 0.15) is 16.7 Å². The van der Waals surface area contributed by atoms with Crippen molar-refractivity contribution in [3.63, 3.8) is 0 Å². The Hall–Kier alpha value is -2.84. The molecule has 0 aromatic heterocycles. The number of halogens is 4. The Morgan fingerprint density at radius 3 is 2.38 bits per heavy atom. The molecule has 0 saturated heterocycles. The average Bonchev–Trinajstić information content (AvgIpc) is 2.74. The Bertz CT molecular complexity index is 1090. The lowest BCUT2D eigenvalue weighted by Crippen LogP contribution is -2.23. The first-order valence-electron chi connectivity index (χ1n) is 9.34. The molecule has 0 spiro atoms. The number of carboxylic acid groups (broad SMARTS) is 1. The van der Waals surface area contributed by atoms with Crippen molar-refractivity contribution in [3.8, 4) is 11.5 Å². The number of rotatable bonds is 8. The monoisotopic (exact) mass is 482 g/mol. The van der Waals surface area contributed by atoms with Gasteiger partial charge in [0, 0.05) is 4.90 Å². The predicted octanol–water partition coefficient (Wildman–Crippen LogP) is 6.83. The predicted molar refractivity (Wildman–Crippen MR) is 116 cm³/mol. The Labute approximate surface area is 191 Å². The summed E-state index contributed by atoms with van der Waals surface area (Å²) in [4.78, 5) is 12.2. The van der Waals surface area contributed by atoms with Gasteiger partial charge >= 0.3 is 12.1 Å². The van der Waals surface area contributed by atoms with Crippen molar-refractivity contribution in [1.29, 1.82) is 0 Å². The molecule has 0 bridgehead atoms. The first-order chi connectivity index (χ1) is 15.1. The molecule has 1 unspecified atom stereocenters. The van der Waals surface area contributed by atoms with Gasteiger partial charge in [0.2, 0.25) is 5.44 Å². The number of ether oxygens (including phenoxy) is 2. The molecule has 0 fully saturated rings. The molecule has 3 aromatic rings. The van der Waals surface area contributed by atoms with Crippen LogP contribution >= 0.6 is 23.4 Å². The van der Waals surface area contributed by atoms with Gasteiger partial charge in [0.1, 0.15) is 18.1 Å². The number of alkyl halides is 3. The van der Waals surface area contributed by atoms with E-state index in [9.17, 15) is 23.1 Å². The summed E-state index contributed by atoms with van der Waals surface area (Å²) in [6.07, 6.45) is -4.41. The van der Waals surface area contributed by atoms with Gasteiger partial charge in [0.05, 0.1) is 10.6 Å². The van der Waals surface area contributed by atoms with Crippen LogP contribution in [0.4, 0.5) is 13.2 Å². The number of aryl methyl sites for hydroxylation is 1. The Morgan fingerprint density at radius 1 is 1.09 bits per heavy atom. The van der Waals surface area contributed by atoms with Crippen LogP contribution in [0, 0.1) is 6.92 Å². The number of aliphatic carboxylic acids is 1. The highest BCUT2D eigenvalue weighted by Gasteiger charge is 2.30. The lowest BCUT2D eigenvalue weighted by molar-refractivity contribution is -0.141. The molecule has 1 atom stereocenters. The number of carbonyl (C=O) groups is 1. The zero-order valence-corrected chi connectivity index (χ0v) is 18.3. The van der Waals surface area contributed by atoms with Crippen molar-refractivity contribution in [2.24, 2.45) is 0 Å². The molecule has 0 aliphatic carbocycles. The molecule has 3 aromatic carbocycles. The molecule has 9 heteroatoms. The molecular formula is C23H18ClF3O4S. The number of para-hydroxylation sites is 1. The third kappa shape index (κ3) is 6.34. The van der Waals surface area contributed by atoms with Crippen LogP contribution in [0.5, 0.6) is 11.5 Å². The SMILES string of the molecule is Cc1ccccc1OC(Sc1ccc(COc2ccc(C(F)(F)F)cc2)cc1Cl)C(=O)O. The highest BCUT2D eigenvalue weighted by molar-refractivity contribution is 8.00. The summed E-state index contributed by atoms with van der Waals surface area (Å²) < 4.78 is 49.0. The number of carboxylic acids is 1. The summed E-state index contributed by atoms with van der Waals surface area (Å²) in [5.74, 6) is -0.403. The molecule has 3 rings (SSSR count). The first-order valence-corrected chi connectivity index (χ1v) is 10.6. The van der Waals surface area contributed by atoms with Crippen molar-refractivity contribution in [2.45, 2.75) is 30.0 Å². The molecular weight excluding hydrogens is 465 g/mol. The topological polar surface area (TPSA) is 55.8 Å². The van der Waals surface area contributed by atoms with E-state index in [-0.39, 0.29) is 12.4 Å². The van der Waals surface area contributed by atoms with E-state index in [0.29, 0.717) is 21.2 Å². The lowest BCUT2D eigenvalue weighted by Gasteiger charge is -2.17. The smallest absolute Gasteiger partial charge is 0.416 e. The van der Waals surface area contributed by atoms with E-state index in [1.807, 2.05) is 19.1 Å². The van der Waals surface area contributed by atoms with Gasteiger partial charge in [0.25, 0.3) is 0 Å². The quantitative estimate of drug-likeness (QED) is 0.282. The highest BCUT2D eigenvalue weighted by Crippen LogP contribution is 2.34. The van der Waals surface area contributed by atoms with Crippen LogP contribution in [0.3, 0.4) is 0 Å². The highest BCUT2D eigenvalue weighted by atomic mass is 35.5. The van der Waals surface area contributed by atoms with Gasteiger partial charge in [-0.15, -0.1) is 0 Å². The second kappa shape index (κ2) is 10.2. The summed E-state index contributed by atoms with van der Waals surface area (Å²) in [5, 5.41) is 9.84. The second-order valence-electron chi connectivity index (χ2n) is 6.75. The van der Waals surface area contributed by atoms with E-state index in [1.165, 1.54) is 12.1 Å². The minimum Gasteiger partial charge on any atom is -0.489 e. The zero-order valence-electron chi connectivity index (χ0n) is 16.7. The van der Waals surface area contributed by atoms with Gasteiger partial charge in [0.15, 0.2) is 0 Å². The fourth-order valence-corrected chi connectivity index (χ4v) is 3.82. The third-order valence-corrected chi connectivity index (χ3v) is 5.89. The average molecular weight is 483 g/mol. The van der Waals surface area contributed by atoms with Gasteiger partial charge in [-0.25, -0.2) is 4.79 Å². The van der Waals surface area contributed by atoms with Crippen LogP contribution in [0.2, 0.25) is 5.02 Å². The largest absolute Gasteiger partial charge is 0.489 e. The lowest BCUT2D eigenvalue weighted by atomic mass is 10.2. The van der Waals surface area contributed by atoms with E-state index in [1.54, 1.807) is 30.3 Å². The van der Waals surface area contributed by atoms with Crippen molar-refractivity contribution < 1.29 is 32.5 Å². The first kappa shape index (κ1) is 23.8. The van der Waals surface area contributed by atoms with E-state index in [4.69, 9.17) is 21.1 Å². The molecule has 0 aliphatic heterocycles. The van der Waals surface area contributed by atoms with Crippen LogP contribution in [-0.4, -0.2) is 16.5 Å². The van der Waals surface area contributed by atoms with Gasteiger partial charge in [-0.1, -0.05) is 47.6 Å². The summed E-state index contributed by atoms with van der Waals surface area (Å²) in [5.41, 5.74) is -0.481. The molecule has 0 amide bonds. The molecule has 0 aliphatic rings. The van der Waals surface area contributed by atoms with Crippen LogP contribution in [0.25, 0.3) is 0 Å². The number of hydrogen-bond acceptors (Lipinski definition) is 4. The van der Waals surface area contributed by atoms with E-state index < -0.39 is 23.1 Å². The minimum atomic E-state index is -4.41. The fraction of sp³-hybridized carbons (Fsp3) is 0.174. The van der Waals surface area contributed by atoms with Gasteiger partial charge in [-0.2, -0.15) is 13.2 Å². The molecule has 0 heterocycles. The fourth-order valence-electron chi connectivity index (χ4n) is 2.68. The molecule has 0 saturated carbocycles. The summed E-state index contributed by atoms with van der Waals surface area (Å²) >= 11 is 7.27. The van der Waals surface area contributed by atoms with Crippen LogP contribution in [0.15, 0.2) is 71.6 Å². The summed E-state index contributed by atoms with van der Waals surface area (Å²) in [7, 11) is 0. The summed E-state index contributed by atoms with van der Waals surface area (Å²) in [6.45, 7) is 1.90. The van der Waals surface area contributed by atoms with Crippen LogP contribution < -0.4 is 9.47 Å². The van der Waals surface area contributed by atoms with E-state index >= 15 is 0 Å². The maximum Gasteiger partial charge on any atom is 0.416 e. The molecule has 168 valence electrons. The maximum atomic E-state index is 12.6. The number of hydrogen-bond donors (Lipinski definition) is 1. The molecule has 0 radical (unpaired) electrons. The Morgan fingerprint density at radius 2 is 1.78 bits per heavy atom. The normalized spacial score (nSPS) is 12.3. The Balaban J connectivity index is 1.65. The van der Waals surface area contributed by atoms with E-state index in [0.717, 1.165) is 29.5 Å². The summed E-state index contributed by atoms with van der Waals surface area (Å²) in [6, 6.07) is 16.4. The van der Waals surface area contributed by atoms with Gasteiger partial charge < -0.3 is 14.6 Å².